The van der Waals surface area contributed by atoms with E-state index in [1.807, 2.05) is 66.7 Å². The molecule has 5 nitrogen and oxygen atoms in total. The number of rotatable bonds is 7. The molecule has 4 aromatic rings. The third-order valence-corrected chi connectivity index (χ3v) is 4.08. The van der Waals surface area contributed by atoms with Gasteiger partial charge in [-0.3, -0.25) is 9.48 Å². The highest BCUT2D eigenvalue weighted by atomic mass is 16.5. The number of benzene rings is 3. The Morgan fingerprint density at radius 2 is 1.48 bits per heavy atom. The van der Waals surface area contributed by atoms with Crippen molar-refractivity contribution >= 4 is 16.7 Å². The Kier molecular flexibility index (Phi) is 4.83. The number of hydrogen-bond donors (Lipinski definition) is 0. The van der Waals surface area contributed by atoms with E-state index in [9.17, 15) is 4.79 Å². The second-order valence-electron chi connectivity index (χ2n) is 6.07. The van der Waals surface area contributed by atoms with Gasteiger partial charge in [0.1, 0.15) is 30.4 Å². The fourth-order valence-corrected chi connectivity index (χ4v) is 2.76. The Morgan fingerprint density at radius 1 is 0.815 bits per heavy atom. The van der Waals surface area contributed by atoms with Crippen LogP contribution in [0.15, 0.2) is 85.1 Å². The summed E-state index contributed by atoms with van der Waals surface area (Å²) in [4.78, 5) is 12.2. The smallest absolute Gasteiger partial charge is 0.191 e. The maximum Gasteiger partial charge on any atom is 0.191 e. The van der Waals surface area contributed by atoms with Crippen LogP contribution < -0.4 is 9.47 Å². The third kappa shape index (κ3) is 4.15. The number of fused-ring (bicyclic) bond motifs is 1. The van der Waals surface area contributed by atoms with Gasteiger partial charge in [-0.1, -0.05) is 36.4 Å². The van der Waals surface area contributed by atoms with Crippen LogP contribution in [0, 0.1) is 0 Å². The van der Waals surface area contributed by atoms with E-state index in [0.29, 0.717) is 11.5 Å². The average molecular weight is 358 g/mol. The quantitative estimate of drug-likeness (QED) is 0.489. The summed E-state index contributed by atoms with van der Waals surface area (Å²) in [7, 11) is 0. The van der Waals surface area contributed by atoms with Crippen molar-refractivity contribution in [3.8, 4) is 17.2 Å². The van der Waals surface area contributed by atoms with Crippen LogP contribution >= 0.6 is 0 Å². The van der Waals surface area contributed by atoms with Gasteiger partial charge >= 0.3 is 0 Å². The van der Waals surface area contributed by atoms with Crippen molar-refractivity contribution in [2.75, 3.05) is 6.61 Å². The monoisotopic (exact) mass is 358 g/mol. The van der Waals surface area contributed by atoms with Crippen LogP contribution in [0.2, 0.25) is 0 Å². The summed E-state index contributed by atoms with van der Waals surface area (Å²) in [6, 6.07) is 24.6. The normalized spacial score (nSPS) is 10.7. The van der Waals surface area contributed by atoms with E-state index < -0.39 is 0 Å². The van der Waals surface area contributed by atoms with E-state index in [1.165, 1.54) is 0 Å². The highest BCUT2D eigenvalue weighted by Gasteiger charge is 2.08. The summed E-state index contributed by atoms with van der Waals surface area (Å²) in [5.41, 5.74) is 0.938. The average Bonchev–Trinajstić information content (AvgIpc) is 3.11. The van der Waals surface area contributed by atoms with Gasteiger partial charge in [0.05, 0.1) is 11.7 Å². The molecule has 0 fully saturated rings. The van der Waals surface area contributed by atoms with Crippen LogP contribution in [-0.2, 0) is 11.3 Å². The standard InChI is InChI=1S/C22H18N2O3/c25-18(15-24-22-9-5-4-6-17(22)14-23-24)16-26-19-10-12-21(13-11-19)27-20-7-2-1-3-8-20/h1-14H,15-16H2. The minimum Gasteiger partial charge on any atom is -0.486 e. The molecule has 0 unspecified atom stereocenters. The number of ketones is 1. The van der Waals surface area contributed by atoms with E-state index in [2.05, 4.69) is 5.10 Å². The zero-order valence-electron chi connectivity index (χ0n) is 14.6. The van der Waals surface area contributed by atoms with Crippen molar-refractivity contribution < 1.29 is 14.3 Å². The van der Waals surface area contributed by atoms with Crippen LogP contribution in [-0.4, -0.2) is 22.2 Å². The van der Waals surface area contributed by atoms with Gasteiger partial charge in [0.2, 0.25) is 0 Å². The number of carbonyl (C=O) groups is 1. The van der Waals surface area contributed by atoms with Crippen molar-refractivity contribution in [1.82, 2.24) is 9.78 Å². The van der Waals surface area contributed by atoms with E-state index in [-0.39, 0.29) is 18.9 Å². The first-order valence-electron chi connectivity index (χ1n) is 8.66. The third-order valence-electron chi connectivity index (χ3n) is 4.08. The summed E-state index contributed by atoms with van der Waals surface area (Å²) < 4.78 is 13.0. The minimum atomic E-state index is -0.0477. The van der Waals surface area contributed by atoms with Crippen molar-refractivity contribution in [3.05, 3.63) is 85.1 Å². The Morgan fingerprint density at radius 3 is 2.30 bits per heavy atom. The Balaban J connectivity index is 1.32. The number of aromatic nitrogens is 2. The van der Waals surface area contributed by atoms with Gasteiger partial charge in [-0.05, 0) is 42.5 Å². The number of Topliss-reactive ketones (excluding diaryl/α,β-unsaturated/α-hetero) is 1. The van der Waals surface area contributed by atoms with Gasteiger partial charge in [-0.15, -0.1) is 0 Å². The Hall–Kier alpha value is -3.60. The largest absolute Gasteiger partial charge is 0.486 e. The van der Waals surface area contributed by atoms with Gasteiger partial charge in [0.15, 0.2) is 5.78 Å². The predicted molar refractivity (Wildman–Crippen MR) is 103 cm³/mol. The molecule has 5 heteroatoms. The lowest BCUT2D eigenvalue weighted by Crippen LogP contribution is -2.18. The predicted octanol–water partition coefficient (Wildman–Crippen LogP) is 4.48. The van der Waals surface area contributed by atoms with Crippen molar-refractivity contribution in [3.63, 3.8) is 0 Å². The Labute approximate surface area is 156 Å². The molecule has 1 aromatic heterocycles. The van der Waals surface area contributed by atoms with Gasteiger partial charge in [-0.25, -0.2) is 0 Å². The van der Waals surface area contributed by atoms with Gasteiger partial charge < -0.3 is 9.47 Å². The minimum absolute atomic E-state index is 0.00687. The van der Waals surface area contributed by atoms with Crippen molar-refractivity contribution in [2.45, 2.75) is 6.54 Å². The number of ether oxygens (including phenoxy) is 2. The molecular weight excluding hydrogens is 340 g/mol. The first kappa shape index (κ1) is 16.8. The summed E-state index contributed by atoms with van der Waals surface area (Å²) in [5.74, 6) is 2.05. The first-order chi connectivity index (χ1) is 13.3. The molecular formula is C22H18N2O3. The molecule has 0 aliphatic carbocycles. The molecule has 4 rings (SSSR count). The van der Waals surface area contributed by atoms with Crippen LogP contribution in [0.4, 0.5) is 0 Å². The molecule has 0 aliphatic rings. The summed E-state index contributed by atoms with van der Waals surface area (Å²) in [6.45, 7) is 0.176. The molecule has 0 bridgehead atoms. The zero-order valence-corrected chi connectivity index (χ0v) is 14.6. The molecule has 27 heavy (non-hydrogen) atoms. The zero-order chi connectivity index (χ0) is 18.5. The van der Waals surface area contributed by atoms with Gasteiger partial charge in [0, 0.05) is 5.39 Å². The highest BCUT2D eigenvalue weighted by Crippen LogP contribution is 2.23. The number of hydrogen-bond acceptors (Lipinski definition) is 4. The van der Waals surface area contributed by atoms with Crippen LogP contribution in [0.25, 0.3) is 10.9 Å². The van der Waals surface area contributed by atoms with Crippen LogP contribution in [0.5, 0.6) is 17.2 Å². The molecule has 0 spiro atoms. The number of para-hydroxylation sites is 2. The lowest BCUT2D eigenvalue weighted by molar-refractivity contribution is -0.121. The summed E-state index contributed by atoms with van der Waals surface area (Å²) >= 11 is 0. The number of nitrogens with zero attached hydrogens (tertiary/aromatic N) is 2. The molecule has 3 aromatic carbocycles. The van der Waals surface area contributed by atoms with E-state index in [1.54, 1.807) is 23.0 Å². The Bertz CT molecular complexity index is 1040. The molecule has 0 N–H and O–H groups in total. The number of carbonyl (C=O) groups excluding carboxylic acids is 1. The lowest BCUT2D eigenvalue weighted by atomic mass is 10.2. The maximum absolute atomic E-state index is 12.2. The van der Waals surface area contributed by atoms with Gasteiger partial charge in [-0.2, -0.15) is 5.10 Å². The van der Waals surface area contributed by atoms with Gasteiger partial charge in [0.25, 0.3) is 0 Å². The van der Waals surface area contributed by atoms with E-state index >= 15 is 0 Å². The molecule has 1 heterocycles. The lowest BCUT2D eigenvalue weighted by Gasteiger charge is -2.08. The molecule has 0 saturated carbocycles. The van der Waals surface area contributed by atoms with Crippen LogP contribution in [0.1, 0.15) is 0 Å². The van der Waals surface area contributed by atoms with E-state index in [0.717, 1.165) is 16.7 Å². The molecule has 0 amide bonds. The molecule has 0 aliphatic heterocycles. The molecule has 134 valence electrons. The van der Waals surface area contributed by atoms with Crippen molar-refractivity contribution in [1.29, 1.82) is 0 Å². The maximum atomic E-state index is 12.2. The molecule has 0 radical (unpaired) electrons. The summed E-state index contributed by atoms with van der Waals surface area (Å²) in [6.07, 6.45) is 1.76. The molecule has 0 saturated heterocycles. The summed E-state index contributed by atoms with van der Waals surface area (Å²) in [5, 5.41) is 5.28. The fourth-order valence-electron chi connectivity index (χ4n) is 2.76. The molecule has 0 atom stereocenters. The fraction of sp³-hybridized carbons (Fsp3) is 0.0909. The van der Waals surface area contributed by atoms with Crippen LogP contribution in [0.3, 0.4) is 0 Å². The highest BCUT2D eigenvalue weighted by molar-refractivity contribution is 5.83. The van der Waals surface area contributed by atoms with E-state index in [4.69, 9.17) is 9.47 Å². The SMILES string of the molecule is O=C(COc1ccc(Oc2ccccc2)cc1)Cn1ncc2ccccc21. The van der Waals surface area contributed by atoms with Crippen molar-refractivity contribution in [2.24, 2.45) is 0 Å². The topological polar surface area (TPSA) is 53.4 Å². The second kappa shape index (κ2) is 7.74. The second-order valence-corrected chi connectivity index (χ2v) is 6.07. The first-order valence-corrected chi connectivity index (χ1v) is 8.66.